The molecule has 0 radical (unpaired) electrons. The first-order chi connectivity index (χ1) is 11.5. The second-order valence-corrected chi connectivity index (χ2v) is 6.54. The van der Waals surface area contributed by atoms with Gasteiger partial charge in [-0.25, -0.2) is 0 Å². The first-order valence-corrected chi connectivity index (χ1v) is 9.07. The highest BCUT2D eigenvalue weighted by atomic mass is 35.5. The summed E-state index contributed by atoms with van der Waals surface area (Å²) in [6.45, 7) is 5.93. The van der Waals surface area contributed by atoms with Crippen LogP contribution >= 0.6 is 11.6 Å². The van der Waals surface area contributed by atoms with E-state index in [1.165, 1.54) is 0 Å². The van der Waals surface area contributed by atoms with Crippen molar-refractivity contribution in [3.63, 3.8) is 0 Å². The summed E-state index contributed by atoms with van der Waals surface area (Å²) < 4.78 is 0. The van der Waals surface area contributed by atoms with Crippen LogP contribution in [0, 0.1) is 6.92 Å². The van der Waals surface area contributed by atoms with Gasteiger partial charge < -0.3 is 4.90 Å². The molecule has 2 aliphatic rings. The Kier molecular flexibility index (Phi) is 6.16. The lowest BCUT2D eigenvalue weighted by molar-refractivity contribution is -0.132. The predicted molar refractivity (Wildman–Crippen MR) is 97.5 cm³/mol. The number of nitrogens with zero attached hydrogens (tertiary/aromatic N) is 2. The Labute approximate surface area is 148 Å². The van der Waals surface area contributed by atoms with Crippen LogP contribution in [0.5, 0.6) is 0 Å². The van der Waals surface area contributed by atoms with E-state index in [-0.39, 0.29) is 12.5 Å². The van der Waals surface area contributed by atoms with E-state index in [9.17, 15) is 9.59 Å². The van der Waals surface area contributed by atoms with E-state index in [1.807, 2.05) is 45.0 Å². The zero-order chi connectivity index (χ0) is 17.7. The average Bonchev–Trinajstić information content (AvgIpc) is 2.84. The molecule has 0 unspecified atom stereocenters. The number of carbonyl (C=O) groups is 2. The van der Waals surface area contributed by atoms with Crippen molar-refractivity contribution >= 4 is 28.5 Å². The Hall–Kier alpha value is -1.68. The highest BCUT2D eigenvalue weighted by molar-refractivity contribution is 6.64. The van der Waals surface area contributed by atoms with Gasteiger partial charge in [0.2, 0.25) is 5.24 Å². The van der Waals surface area contributed by atoms with Crippen molar-refractivity contribution < 1.29 is 9.59 Å². The second kappa shape index (κ2) is 7.93. The van der Waals surface area contributed by atoms with E-state index >= 15 is 0 Å². The molecule has 130 valence electrons. The lowest BCUT2D eigenvalue weighted by Crippen LogP contribution is -2.49. The third-order valence-electron chi connectivity index (χ3n) is 4.53. The molecule has 1 aliphatic heterocycles. The molecule has 1 aliphatic carbocycles. The topological polar surface area (TPSA) is 49.7 Å². The maximum atomic E-state index is 12.8. The first-order valence-electron chi connectivity index (χ1n) is 8.69. The van der Waals surface area contributed by atoms with Crippen molar-refractivity contribution in [1.82, 2.24) is 4.90 Å². The van der Waals surface area contributed by atoms with Gasteiger partial charge in [-0.2, -0.15) is 0 Å². The molecule has 4 nitrogen and oxygen atoms in total. The minimum absolute atomic E-state index is 0.0702. The molecule has 0 atom stereocenters. The number of benzene rings is 1. The third-order valence-corrected chi connectivity index (χ3v) is 4.65. The first kappa shape index (κ1) is 18.7. The molecule has 0 saturated heterocycles. The molecule has 5 heteroatoms. The van der Waals surface area contributed by atoms with Crippen LogP contribution in [0.2, 0.25) is 0 Å². The van der Waals surface area contributed by atoms with Gasteiger partial charge in [0.05, 0.1) is 6.54 Å². The van der Waals surface area contributed by atoms with Gasteiger partial charge >= 0.3 is 0 Å². The lowest BCUT2D eigenvalue weighted by atomic mass is 9.88. The number of aryl methyl sites for hydroxylation is 1. The maximum absolute atomic E-state index is 12.8. The fraction of sp³-hybridized carbons (Fsp3) is 0.526. The van der Waals surface area contributed by atoms with Crippen LogP contribution < -0.4 is 0 Å². The number of amides is 1. The molecule has 1 aromatic rings. The summed E-state index contributed by atoms with van der Waals surface area (Å²) in [7, 11) is 0. The van der Waals surface area contributed by atoms with Gasteiger partial charge in [-0.15, -0.1) is 0 Å². The zero-order valence-electron chi connectivity index (χ0n) is 14.6. The minimum Gasteiger partial charge on any atom is -0.304 e. The zero-order valence-corrected chi connectivity index (χ0v) is 15.4. The van der Waals surface area contributed by atoms with Crippen LogP contribution in [-0.2, 0) is 9.59 Å². The summed E-state index contributed by atoms with van der Waals surface area (Å²) in [4.78, 5) is 30.5. The average molecular weight is 349 g/mol. The quantitative estimate of drug-likeness (QED) is 0.773. The number of carbonyl (C=O) groups excluding carboxylic acids is 2. The van der Waals surface area contributed by atoms with Crippen molar-refractivity contribution in [1.29, 1.82) is 0 Å². The molecule has 24 heavy (non-hydrogen) atoms. The largest absolute Gasteiger partial charge is 0.304 e. The Morgan fingerprint density at radius 1 is 1.17 bits per heavy atom. The SMILES string of the molecule is CC.Cc1ccc(C2=NC3(CCCCC3)N(CC(=O)Cl)C2=O)cc1. The molecule has 0 bridgehead atoms. The number of rotatable bonds is 3. The van der Waals surface area contributed by atoms with Gasteiger partial charge in [0, 0.05) is 5.56 Å². The molecule has 3 rings (SSSR count). The molecule has 1 spiro atoms. The van der Waals surface area contributed by atoms with Crippen molar-refractivity contribution in [3.05, 3.63) is 35.4 Å². The van der Waals surface area contributed by atoms with Gasteiger partial charge in [-0.1, -0.05) is 50.1 Å². The van der Waals surface area contributed by atoms with E-state index in [4.69, 9.17) is 16.6 Å². The van der Waals surface area contributed by atoms with E-state index < -0.39 is 10.9 Å². The van der Waals surface area contributed by atoms with E-state index in [1.54, 1.807) is 4.90 Å². The van der Waals surface area contributed by atoms with Crippen LogP contribution in [0.1, 0.15) is 57.1 Å². The molecule has 1 fully saturated rings. The predicted octanol–water partition coefficient (Wildman–Crippen LogP) is 4.08. The molecule has 0 N–H and O–H groups in total. The van der Waals surface area contributed by atoms with Crippen molar-refractivity contribution in [2.45, 2.75) is 58.5 Å². The number of aliphatic imine (C=N–C) groups is 1. The lowest BCUT2D eigenvalue weighted by Gasteiger charge is -2.38. The normalized spacial score (nSPS) is 18.9. The maximum Gasteiger partial charge on any atom is 0.275 e. The standard InChI is InChI=1S/C17H19ClN2O2.C2H6/c1-12-5-7-13(8-6-12)15-16(22)20(11-14(18)21)17(19-15)9-3-2-4-10-17;1-2/h5-8H,2-4,9-11H2,1H3;1-2H3. The van der Waals surface area contributed by atoms with Crippen molar-refractivity contribution in [2.75, 3.05) is 6.54 Å². The highest BCUT2D eigenvalue weighted by Crippen LogP contribution is 2.39. The van der Waals surface area contributed by atoms with Crippen molar-refractivity contribution in [3.8, 4) is 0 Å². The fourth-order valence-electron chi connectivity index (χ4n) is 3.38. The monoisotopic (exact) mass is 348 g/mol. The second-order valence-electron chi connectivity index (χ2n) is 6.12. The molecular weight excluding hydrogens is 324 g/mol. The van der Waals surface area contributed by atoms with E-state index in [0.29, 0.717) is 5.71 Å². The van der Waals surface area contributed by atoms with Crippen LogP contribution in [0.15, 0.2) is 29.3 Å². The minimum atomic E-state index is -0.569. The Bertz CT molecular complexity index is 631. The van der Waals surface area contributed by atoms with Crippen LogP contribution in [0.25, 0.3) is 0 Å². The molecule has 1 heterocycles. The van der Waals surface area contributed by atoms with Crippen LogP contribution in [0.4, 0.5) is 0 Å². The van der Waals surface area contributed by atoms with Gasteiger partial charge in [0.15, 0.2) is 0 Å². The van der Waals surface area contributed by atoms with E-state index in [2.05, 4.69) is 0 Å². The summed E-state index contributed by atoms with van der Waals surface area (Å²) in [5.74, 6) is -0.181. The molecule has 1 saturated carbocycles. The van der Waals surface area contributed by atoms with Gasteiger partial charge in [0.25, 0.3) is 5.91 Å². The Morgan fingerprint density at radius 3 is 2.29 bits per heavy atom. The molecule has 1 amide bonds. The summed E-state index contributed by atoms with van der Waals surface area (Å²) >= 11 is 5.56. The smallest absolute Gasteiger partial charge is 0.275 e. The number of hydrogen-bond acceptors (Lipinski definition) is 3. The van der Waals surface area contributed by atoms with Gasteiger partial charge in [-0.05, 0) is 44.2 Å². The highest BCUT2D eigenvalue weighted by Gasteiger charge is 2.48. The number of halogens is 1. The summed E-state index contributed by atoms with van der Waals surface area (Å²) in [6.07, 6.45) is 4.79. The van der Waals surface area contributed by atoms with E-state index in [0.717, 1.165) is 43.2 Å². The molecular formula is C19H25ClN2O2. The van der Waals surface area contributed by atoms with Crippen LogP contribution in [-0.4, -0.2) is 34.0 Å². The van der Waals surface area contributed by atoms with Crippen molar-refractivity contribution in [2.24, 2.45) is 4.99 Å². The Balaban J connectivity index is 0.00000100. The van der Waals surface area contributed by atoms with Gasteiger partial charge in [0.1, 0.15) is 11.4 Å². The summed E-state index contributed by atoms with van der Waals surface area (Å²) in [5.41, 5.74) is 1.83. The molecule has 1 aromatic carbocycles. The third kappa shape index (κ3) is 3.69. The fourth-order valence-corrected chi connectivity index (χ4v) is 3.50. The molecule has 0 aromatic heterocycles. The van der Waals surface area contributed by atoms with Crippen LogP contribution in [0.3, 0.4) is 0 Å². The summed E-state index contributed by atoms with van der Waals surface area (Å²) in [6, 6.07) is 7.76. The van der Waals surface area contributed by atoms with Gasteiger partial charge in [-0.3, -0.25) is 14.6 Å². The summed E-state index contributed by atoms with van der Waals surface area (Å²) in [5, 5.41) is -0.515. The Morgan fingerprint density at radius 2 is 1.75 bits per heavy atom. The number of hydrogen-bond donors (Lipinski definition) is 0.